The minimum atomic E-state index is -0.326. The van der Waals surface area contributed by atoms with Gasteiger partial charge in [0.2, 0.25) is 5.78 Å². The molecule has 30 heavy (non-hydrogen) atoms. The minimum absolute atomic E-state index is 0.165. The highest BCUT2D eigenvalue weighted by molar-refractivity contribution is 6.43. The summed E-state index contributed by atoms with van der Waals surface area (Å²) in [6.07, 6.45) is 2.91. The topological polar surface area (TPSA) is 43.4 Å². The normalized spacial score (nSPS) is 11.3. The van der Waals surface area contributed by atoms with E-state index >= 15 is 0 Å². The lowest BCUT2D eigenvalue weighted by atomic mass is 10.2. The fourth-order valence-electron chi connectivity index (χ4n) is 2.86. The fraction of sp³-hybridized carbons (Fsp3) is 0. The van der Waals surface area contributed by atoms with Gasteiger partial charge in [-0.3, -0.25) is 4.79 Å². The summed E-state index contributed by atoms with van der Waals surface area (Å²) < 4.78 is 11.4. The Labute approximate surface area is 192 Å². The number of halogens is 4. The van der Waals surface area contributed by atoms with E-state index in [1.165, 1.54) is 6.08 Å². The number of hydrogen-bond acceptors (Lipinski definition) is 3. The van der Waals surface area contributed by atoms with Crippen LogP contribution < -0.4 is 0 Å². The van der Waals surface area contributed by atoms with Crippen LogP contribution in [0.15, 0.2) is 75.6 Å². The summed E-state index contributed by atoms with van der Waals surface area (Å²) >= 11 is 24.7. The summed E-state index contributed by atoms with van der Waals surface area (Å²) in [5.74, 6) is 1.27. The van der Waals surface area contributed by atoms with Crippen molar-refractivity contribution in [1.82, 2.24) is 0 Å². The van der Waals surface area contributed by atoms with Gasteiger partial charge >= 0.3 is 0 Å². The van der Waals surface area contributed by atoms with E-state index in [0.717, 1.165) is 0 Å². The molecule has 0 saturated carbocycles. The van der Waals surface area contributed by atoms with E-state index in [9.17, 15) is 4.79 Å². The molecule has 0 bridgehead atoms. The zero-order valence-electron chi connectivity index (χ0n) is 15.2. The summed E-state index contributed by atoms with van der Waals surface area (Å²) in [6.45, 7) is 0. The summed E-state index contributed by atoms with van der Waals surface area (Å²) in [6, 6.07) is 17.1. The molecule has 0 aliphatic carbocycles. The molecule has 0 fully saturated rings. The molecular formula is C23H12Cl4O3. The third kappa shape index (κ3) is 4.21. The SMILES string of the molecule is O=C(C=Cc1ccc(-c2c(Cl)cccc2Cl)o1)c1ccc(-c2cccc(Cl)c2Cl)o1. The van der Waals surface area contributed by atoms with Gasteiger partial charge < -0.3 is 8.83 Å². The van der Waals surface area contributed by atoms with E-state index in [1.54, 1.807) is 66.7 Å². The van der Waals surface area contributed by atoms with Crippen molar-refractivity contribution in [2.45, 2.75) is 0 Å². The highest BCUT2D eigenvalue weighted by atomic mass is 35.5. The second kappa shape index (κ2) is 8.75. The standard InChI is InChI=1S/C23H12Cl4O3/c24-15-4-2-5-16(25)22(15)21-10-8-13(29-21)7-9-18(28)20-12-11-19(30-20)14-3-1-6-17(26)23(14)27/h1-12H. The second-order valence-corrected chi connectivity index (χ2v) is 7.86. The number of allylic oxidation sites excluding steroid dienone is 1. The zero-order chi connectivity index (χ0) is 21.3. The van der Waals surface area contributed by atoms with E-state index in [-0.39, 0.29) is 11.5 Å². The maximum Gasteiger partial charge on any atom is 0.221 e. The van der Waals surface area contributed by atoms with Crippen molar-refractivity contribution in [3.63, 3.8) is 0 Å². The summed E-state index contributed by atoms with van der Waals surface area (Å²) in [4.78, 5) is 12.5. The Morgan fingerprint density at radius 2 is 1.40 bits per heavy atom. The lowest BCUT2D eigenvalue weighted by Gasteiger charge is -2.02. The highest BCUT2D eigenvalue weighted by Gasteiger charge is 2.15. The minimum Gasteiger partial charge on any atom is -0.457 e. The van der Waals surface area contributed by atoms with Crippen LogP contribution >= 0.6 is 46.4 Å². The van der Waals surface area contributed by atoms with E-state index < -0.39 is 0 Å². The third-order valence-corrected chi connectivity index (χ3v) is 5.75. The molecule has 0 saturated heterocycles. The first-order valence-electron chi connectivity index (χ1n) is 8.75. The van der Waals surface area contributed by atoms with Crippen LogP contribution in [-0.2, 0) is 0 Å². The average molecular weight is 478 g/mol. The van der Waals surface area contributed by atoms with Gasteiger partial charge in [-0.2, -0.15) is 0 Å². The molecule has 7 heteroatoms. The number of carbonyl (C=O) groups is 1. The van der Waals surface area contributed by atoms with Crippen LogP contribution in [0.25, 0.3) is 28.7 Å². The monoisotopic (exact) mass is 476 g/mol. The van der Waals surface area contributed by atoms with E-state index in [2.05, 4.69) is 0 Å². The van der Waals surface area contributed by atoms with Crippen molar-refractivity contribution in [2.24, 2.45) is 0 Å². The lowest BCUT2D eigenvalue weighted by molar-refractivity contribution is 0.102. The Morgan fingerprint density at radius 3 is 2.17 bits per heavy atom. The number of furan rings is 2. The predicted octanol–water partition coefficient (Wildman–Crippen LogP) is 8.72. The Hall–Kier alpha value is -2.43. The number of carbonyl (C=O) groups excluding carboxylic acids is 1. The summed E-state index contributed by atoms with van der Waals surface area (Å²) in [5.41, 5.74) is 1.21. The van der Waals surface area contributed by atoms with Gasteiger partial charge in [0.25, 0.3) is 0 Å². The average Bonchev–Trinajstić information content (AvgIpc) is 3.38. The smallest absolute Gasteiger partial charge is 0.221 e. The van der Waals surface area contributed by atoms with Crippen LogP contribution in [0.4, 0.5) is 0 Å². The maximum atomic E-state index is 12.5. The van der Waals surface area contributed by atoms with Crippen molar-refractivity contribution in [2.75, 3.05) is 0 Å². The van der Waals surface area contributed by atoms with E-state index in [1.807, 2.05) is 0 Å². The van der Waals surface area contributed by atoms with Crippen LogP contribution in [-0.4, -0.2) is 5.78 Å². The molecular weight excluding hydrogens is 466 g/mol. The van der Waals surface area contributed by atoms with Crippen molar-refractivity contribution in [3.8, 4) is 22.6 Å². The third-order valence-electron chi connectivity index (χ3n) is 4.30. The van der Waals surface area contributed by atoms with Gasteiger partial charge in [-0.1, -0.05) is 58.5 Å². The van der Waals surface area contributed by atoms with Crippen LogP contribution in [0.3, 0.4) is 0 Å². The van der Waals surface area contributed by atoms with E-state index in [4.69, 9.17) is 55.2 Å². The first kappa shape index (κ1) is 20.8. The van der Waals surface area contributed by atoms with Crippen LogP contribution in [0.2, 0.25) is 20.1 Å². The molecule has 0 radical (unpaired) electrons. The molecule has 3 nitrogen and oxygen atoms in total. The Balaban J connectivity index is 1.53. The molecule has 2 heterocycles. The maximum absolute atomic E-state index is 12.5. The van der Waals surface area contributed by atoms with Crippen molar-refractivity contribution < 1.29 is 13.6 Å². The molecule has 4 rings (SSSR count). The predicted molar refractivity (Wildman–Crippen MR) is 122 cm³/mol. The van der Waals surface area contributed by atoms with Crippen LogP contribution in [0.1, 0.15) is 16.3 Å². The Bertz CT molecular complexity index is 1250. The molecule has 0 N–H and O–H groups in total. The highest BCUT2D eigenvalue weighted by Crippen LogP contribution is 2.36. The molecule has 0 amide bonds. The molecule has 0 aliphatic rings. The molecule has 150 valence electrons. The van der Waals surface area contributed by atoms with Gasteiger partial charge in [0.15, 0.2) is 5.76 Å². The Morgan fingerprint density at radius 1 is 0.733 bits per heavy atom. The first-order chi connectivity index (χ1) is 14.4. The van der Waals surface area contributed by atoms with Gasteiger partial charge in [-0.15, -0.1) is 0 Å². The van der Waals surface area contributed by atoms with Gasteiger partial charge in [0.05, 0.1) is 25.7 Å². The van der Waals surface area contributed by atoms with Gasteiger partial charge in [0.1, 0.15) is 17.3 Å². The number of ketones is 1. The molecule has 4 aromatic rings. The molecule has 2 aromatic carbocycles. The molecule has 0 aliphatic heterocycles. The van der Waals surface area contributed by atoms with Crippen LogP contribution in [0.5, 0.6) is 0 Å². The number of benzene rings is 2. The van der Waals surface area contributed by atoms with Crippen molar-refractivity contribution >= 4 is 58.3 Å². The fourth-order valence-corrected chi connectivity index (χ4v) is 3.84. The van der Waals surface area contributed by atoms with E-state index in [0.29, 0.717) is 48.5 Å². The second-order valence-electron chi connectivity index (χ2n) is 6.26. The molecule has 0 spiro atoms. The van der Waals surface area contributed by atoms with Crippen LogP contribution in [0, 0.1) is 0 Å². The molecule has 0 atom stereocenters. The van der Waals surface area contributed by atoms with Gasteiger partial charge in [-0.05, 0) is 60.7 Å². The summed E-state index contributed by atoms with van der Waals surface area (Å²) in [5, 5.41) is 1.73. The van der Waals surface area contributed by atoms with Gasteiger partial charge in [-0.25, -0.2) is 0 Å². The van der Waals surface area contributed by atoms with Crippen molar-refractivity contribution in [3.05, 3.63) is 98.4 Å². The first-order valence-corrected chi connectivity index (χ1v) is 10.3. The number of hydrogen-bond donors (Lipinski definition) is 0. The zero-order valence-corrected chi connectivity index (χ0v) is 18.2. The van der Waals surface area contributed by atoms with Gasteiger partial charge in [0, 0.05) is 5.56 Å². The largest absolute Gasteiger partial charge is 0.457 e. The summed E-state index contributed by atoms with van der Waals surface area (Å²) in [7, 11) is 0. The number of rotatable bonds is 5. The van der Waals surface area contributed by atoms with Crippen molar-refractivity contribution in [1.29, 1.82) is 0 Å². The lowest BCUT2D eigenvalue weighted by Crippen LogP contribution is -1.90. The Kier molecular flexibility index (Phi) is 6.07. The quantitative estimate of drug-likeness (QED) is 0.213. The molecule has 0 unspecified atom stereocenters. The molecule has 2 aromatic heterocycles.